The van der Waals surface area contributed by atoms with Crippen LogP contribution < -0.4 is 10.1 Å². The molecular weight excluding hydrogens is 418 g/mol. The lowest BCUT2D eigenvalue weighted by Gasteiger charge is -2.33. The molecule has 2 aliphatic rings. The molecule has 2 saturated heterocycles. The lowest BCUT2D eigenvalue weighted by molar-refractivity contribution is -0.137. The predicted octanol–water partition coefficient (Wildman–Crippen LogP) is 2.70. The van der Waals surface area contributed by atoms with Crippen molar-refractivity contribution in [3.63, 3.8) is 0 Å². The standard InChI is InChI=1S/C22H33N3O5S/c1-16(2)22(27)24-11-7-8-17(15-24)21(26)23-18-9-10-19(30-3)20(14-18)31(28,29)25-12-5-4-6-13-25/h9-10,14,16-17H,4-8,11-13,15H2,1-3H3,(H,23,26). The van der Waals surface area contributed by atoms with Gasteiger partial charge in [-0.1, -0.05) is 20.3 Å². The molecule has 0 saturated carbocycles. The molecule has 2 aliphatic heterocycles. The monoisotopic (exact) mass is 451 g/mol. The Hall–Kier alpha value is -2.13. The molecule has 0 radical (unpaired) electrons. The van der Waals surface area contributed by atoms with E-state index in [0.717, 1.165) is 25.7 Å². The second kappa shape index (κ2) is 9.99. The van der Waals surface area contributed by atoms with Gasteiger partial charge in [-0.3, -0.25) is 9.59 Å². The quantitative estimate of drug-likeness (QED) is 0.717. The van der Waals surface area contributed by atoms with E-state index < -0.39 is 10.0 Å². The Balaban J connectivity index is 1.77. The zero-order valence-electron chi connectivity index (χ0n) is 18.6. The summed E-state index contributed by atoms with van der Waals surface area (Å²) in [5.41, 5.74) is 0.411. The normalized spacial score (nSPS) is 20.5. The van der Waals surface area contributed by atoms with E-state index in [-0.39, 0.29) is 34.3 Å². The number of piperidine rings is 2. The fraction of sp³-hybridized carbons (Fsp3) is 0.636. The maximum Gasteiger partial charge on any atom is 0.246 e. The number of sulfonamides is 1. The zero-order valence-corrected chi connectivity index (χ0v) is 19.4. The molecule has 9 heteroatoms. The van der Waals surface area contributed by atoms with Crippen LogP contribution >= 0.6 is 0 Å². The Bertz CT molecular complexity index is 910. The number of hydrogen-bond acceptors (Lipinski definition) is 5. The third-order valence-electron chi connectivity index (χ3n) is 5.96. The molecule has 0 spiro atoms. The number of benzene rings is 1. The highest BCUT2D eigenvalue weighted by Gasteiger charge is 2.31. The minimum absolute atomic E-state index is 0.0526. The molecule has 31 heavy (non-hydrogen) atoms. The van der Waals surface area contributed by atoms with Gasteiger partial charge in [-0.2, -0.15) is 4.31 Å². The molecule has 172 valence electrons. The fourth-order valence-corrected chi connectivity index (χ4v) is 5.90. The van der Waals surface area contributed by atoms with Crippen LogP contribution in [-0.4, -0.2) is 62.7 Å². The lowest BCUT2D eigenvalue weighted by Crippen LogP contribution is -2.45. The molecule has 0 aliphatic carbocycles. The van der Waals surface area contributed by atoms with Crippen molar-refractivity contribution in [3.05, 3.63) is 18.2 Å². The number of hydrogen-bond donors (Lipinski definition) is 1. The van der Waals surface area contributed by atoms with Crippen LogP contribution in [0.2, 0.25) is 0 Å². The van der Waals surface area contributed by atoms with E-state index in [4.69, 9.17) is 4.74 Å². The van der Waals surface area contributed by atoms with Gasteiger partial charge in [-0.15, -0.1) is 0 Å². The number of carbonyl (C=O) groups is 2. The van der Waals surface area contributed by atoms with Crippen molar-refractivity contribution in [2.24, 2.45) is 11.8 Å². The highest BCUT2D eigenvalue weighted by atomic mass is 32.2. The predicted molar refractivity (Wildman–Crippen MR) is 118 cm³/mol. The minimum Gasteiger partial charge on any atom is -0.495 e. The largest absolute Gasteiger partial charge is 0.495 e. The van der Waals surface area contributed by atoms with E-state index in [1.165, 1.54) is 17.5 Å². The number of likely N-dealkylation sites (tertiary alicyclic amines) is 1. The van der Waals surface area contributed by atoms with E-state index in [9.17, 15) is 18.0 Å². The van der Waals surface area contributed by atoms with Crippen LogP contribution in [-0.2, 0) is 19.6 Å². The highest BCUT2D eigenvalue weighted by Crippen LogP contribution is 2.31. The van der Waals surface area contributed by atoms with Gasteiger partial charge < -0.3 is 15.0 Å². The first-order chi connectivity index (χ1) is 14.7. The number of nitrogens with zero attached hydrogens (tertiary/aromatic N) is 2. The summed E-state index contributed by atoms with van der Waals surface area (Å²) in [6.07, 6.45) is 4.17. The molecule has 1 aromatic carbocycles. The topological polar surface area (TPSA) is 96.0 Å². The number of nitrogens with one attached hydrogen (secondary N) is 1. The van der Waals surface area contributed by atoms with Crippen molar-refractivity contribution in [3.8, 4) is 5.75 Å². The second-order valence-electron chi connectivity index (χ2n) is 8.60. The van der Waals surface area contributed by atoms with E-state index in [0.29, 0.717) is 38.3 Å². The van der Waals surface area contributed by atoms with Crippen LogP contribution in [0.5, 0.6) is 5.75 Å². The first kappa shape index (κ1) is 23.5. The van der Waals surface area contributed by atoms with Crippen molar-refractivity contribution in [2.45, 2.75) is 50.8 Å². The van der Waals surface area contributed by atoms with Gasteiger partial charge in [0, 0.05) is 37.8 Å². The Morgan fingerprint density at radius 2 is 1.81 bits per heavy atom. The van der Waals surface area contributed by atoms with E-state index in [1.54, 1.807) is 17.0 Å². The summed E-state index contributed by atoms with van der Waals surface area (Å²) in [6, 6.07) is 4.69. The summed E-state index contributed by atoms with van der Waals surface area (Å²) in [5.74, 6) is -0.314. The van der Waals surface area contributed by atoms with E-state index in [2.05, 4.69) is 5.32 Å². The van der Waals surface area contributed by atoms with Crippen molar-refractivity contribution in [1.82, 2.24) is 9.21 Å². The number of methoxy groups -OCH3 is 1. The van der Waals surface area contributed by atoms with Crippen molar-refractivity contribution < 1.29 is 22.7 Å². The maximum atomic E-state index is 13.2. The van der Waals surface area contributed by atoms with Crippen LogP contribution in [0.3, 0.4) is 0 Å². The molecule has 2 heterocycles. The second-order valence-corrected chi connectivity index (χ2v) is 10.5. The average molecular weight is 452 g/mol. The van der Waals surface area contributed by atoms with Gasteiger partial charge in [0.05, 0.1) is 13.0 Å². The molecule has 8 nitrogen and oxygen atoms in total. The summed E-state index contributed by atoms with van der Waals surface area (Å²) >= 11 is 0. The Morgan fingerprint density at radius 1 is 1.10 bits per heavy atom. The molecule has 0 bridgehead atoms. The molecule has 0 aromatic heterocycles. The SMILES string of the molecule is COc1ccc(NC(=O)C2CCCN(C(=O)C(C)C)C2)cc1S(=O)(=O)N1CCCCC1. The number of carbonyl (C=O) groups excluding carboxylic acids is 2. The summed E-state index contributed by atoms with van der Waals surface area (Å²) < 4.78 is 33.1. The lowest BCUT2D eigenvalue weighted by atomic mass is 9.96. The van der Waals surface area contributed by atoms with Crippen molar-refractivity contribution in [1.29, 1.82) is 0 Å². The molecule has 1 atom stereocenters. The molecule has 1 N–H and O–H groups in total. The third-order valence-corrected chi connectivity index (χ3v) is 7.88. The third kappa shape index (κ3) is 5.38. The van der Waals surface area contributed by atoms with Gasteiger partial charge >= 0.3 is 0 Å². The smallest absolute Gasteiger partial charge is 0.246 e. The maximum absolute atomic E-state index is 13.2. The Labute approximate surface area is 185 Å². The van der Waals surface area contributed by atoms with Crippen LogP contribution in [0.4, 0.5) is 5.69 Å². The summed E-state index contributed by atoms with van der Waals surface area (Å²) in [7, 11) is -2.28. The Morgan fingerprint density at radius 3 is 2.45 bits per heavy atom. The van der Waals surface area contributed by atoms with Gasteiger partial charge in [0.1, 0.15) is 10.6 Å². The molecule has 2 fully saturated rings. The highest BCUT2D eigenvalue weighted by molar-refractivity contribution is 7.89. The van der Waals surface area contributed by atoms with E-state index in [1.807, 2.05) is 13.8 Å². The number of amides is 2. The fourth-order valence-electron chi connectivity index (χ4n) is 4.20. The molecule has 1 unspecified atom stereocenters. The Kier molecular flexibility index (Phi) is 7.59. The van der Waals surface area contributed by atoms with Gasteiger partial charge in [-0.25, -0.2) is 8.42 Å². The van der Waals surface area contributed by atoms with E-state index >= 15 is 0 Å². The van der Waals surface area contributed by atoms with Gasteiger partial charge in [0.15, 0.2) is 0 Å². The first-order valence-electron chi connectivity index (χ1n) is 11.0. The van der Waals surface area contributed by atoms with Crippen LogP contribution in [0, 0.1) is 11.8 Å². The first-order valence-corrected chi connectivity index (χ1v) is 12.5. The summed E-state index contributed by atoms with van der Waals surface area (Å²) in [5, 5.41) is 2.85. The van der Waals surface area contributed by atoms with Crippen LogP contribution in [0.25, 0.3) is 0 Å². The van der Waals surface area contributed by atoms with Crippen LogP contribution in [0.15, 0.2) is 23.1 Å². The van der Waals surface area contributed by atoms with Gasteiger partial charge in [-0.05, 0) is 43.9 Å². The average Bonchev–Trinajstić information content (AvgIpc) is 2.79. The van der Waals surface area contributed by atoms with Gasteiger partial charge in [0.2, 0.25) is 21.8 Å². The summed E-state index contributed by atoms with van der Waals surface area (Å²) in [4.78, 5) is 27.0. The van der Waals surface area contributed by atoms with Gasteiger partial charge in [0.25, 0.3) is 0 Å². The number of rotatable bonds is 6. The molecule has 2 amide bonds. The zero-order chi connectivity index (χ0) is 22.6. The molecular formula is C22H33N3O5S. The summed E-state index contributed by atoms with van der Waals surface area (Å²) in [6.45, 7) is 5.74. The van der Waals surface area contributed by atoms with Crippen molar-refractivity contribution >= 4 is 27.5 Å². The number of anilines is 1. The molecule has 1 aromatic rings. The minimum atomic E-state index is -3.71. The molecule has 3 rings (SSSR count). The van der Waals surface area contributed by atoms with Crippen molar-refractivity contribution in [2.75, 3.05) is 38.6 Å². The van der Waals surface area contributed by atoms with Crippen LogP contribution in [0.1, 0.15) is 46.0 Å². The number of ether oxygens (including phenoxy) is 1.